The highest BCUT2D eigenvalue weighted by atomic mass is 28.4. The fourth-order valence-corrected chi connectivity index (χ4v) is 8.91. The predicted octanol–water partition coefficient (Wildman–Crippen LogP) is 5.17. The Morgan fingerprint density at radius 1 is 1.20 bits per heavy atom. The third-order valence-corrected chi connectivity index (χ3v) is 15.2. The van der Waals surface area contributed by atoms with Gasteiger partial charge < -0.3 is 23.4 Å². The maximum Gasteiger partial charge on any atom is 0.303 e. The molecule has 0 aromatic carbocycles. The van der Waals surface area contributed by atoms with Gasteiger partial charge in [0.2, 0.25) is 11.6 Å². The number of esters is 1. The third-order valence-electron chi connectivity index (χ3n) is 10.8. The predicted molar refractivity (Wildman–Crippen MR) is 153 cm³/mol. The van der Waals surface area contributed by atoms with Crippen LogP contribution in [0.25, 0.3) is 0 Å². The lowest BCUT2D eigenvalue weighted by Gasteiger charge is -2.57. The second kappa shape index (κ2) is 10.6. The van der Waals surface area contributed by atoms with Crippen LogP contribution >= 0.6 is 0 Å². The molecule has 0 unspecified atom stereocenters. The lowest BCUT2D eigenvalue weighted by atomic mass is 9.51. The first-order valence-corrected chi connectivity index (χ1v) is 17.5. The van der Waals surface area contributed by atoms with Crippen LogP contribution in [0.4, 0.5) is 0 Å². The first-order valence-electron chi connectivity index (χ1n) is 14.6. The summed E-state index contributed by atoms with van der Waals surface area (Å²) in [5.74, 6) is -3.25. The Kier molecular flexibility index (Phi) is 8.26. The SMILES string of the molecule is C=CC[C@@H]1C(=O)C(=O)C2=C([C@H](O[Si](C)(C)C(C)(C)C)C[C@@]3(C)[C@H]2CCC32OCCO2)[C@@]1(C)[C@@H](COC)OC(C)=O. The first-order chi connectivity index (χ1) is 18.5. The number of hydrogen-bond acceptors (Lipinski definition) is 8. The molecule has 1 heterocycles. The summed E-state index contributed by atoms with van der Waals surface area (Å²) in [5.41, 5.74) is -0.322. The van der Waals surface area contributed by atoms with Gasteiger partial charge in [0.1, 0.15) is 6.10 Å². The van der Waals surface area contributed by atoms with Crippen molar-refractivity contribution in [2.24, 2.45) is 22.7 Å². The number of rotatable bonds is 8. The molecule has 8 nitrogen and oxygen atoms in total. The fourth-order valence-electron chi connectivity index (χ4n) is 7.64. The van der Waals surface area contributed by atoms with Crippen molar-refractivity contribution < 1.29 is 37.8 Å². The summed E-state index contributed by atoms with van der Waals surface area (Å²) in [6.07, 6.45) is 2.50. The molecule has 4 rings (SSSR count). The molecule has 2 fully saturated rings. The van der Waals surface area contributed by atoms with Crippen molar-refractivity contribution in [2.45, 2.75) is 103 Å². The summed E-state index contributed by atoms with van der Waals surface area (Å²) in [5, 5.41) is -0.105. The van der Waals surface area contributed by atoms with Gasteiger partial charge in [-0.1, -0.05) is 40.7 Å². The number of Topliss-reactive ketones (excluding diaryl/α,β-unsaturated/α-hetero) is 2. The minimum Gasteiger partial charge on any atom is -0.459 e. The minimum absolute atomic E-state index is 0.0763. The number of ether oxygens (including phenoxy) is 4. The van der Waals surface area contributed by atoms with Gasteiger partial charge in [0.05, 0.1) is 25.9 Å². The van der Waals surface area contributed by atoms with Gasteiger partial charge >= 0.3 is 5.97 Å². The quantitative estimate of drug-likeness (QED) is 0.169. The van der Waals surface area contributed by atoms with E-state index >= 15 is 0 Å². The molecule has 1 aliphatic heterocycles. The lowest BCUT2D eigenvalue weighted by molar-refractivity contribution is -0.231. The highest BCUT2D eigenvalue weighted by Crippen LogP contribution is 2.66. The molecule has 9 heteroatoms. The summed E-state index contributed by atoms with van der Waals surface area (Å²) < 4.78 is 31.4. The Bertz CT molecular complexity index is 1100. The molecule has 3 aliphatic carbocycles. The maximum absolute atomic E-state index is 14.2. The molecule has 0 aromatic rings. The minimum atomic E-state index is -2.40. The molecule has 1 spiro atoms. The van der Waals surface area contributed by atoms with E-state index in [1.54, 1.807) is 13.2 Å². The van der Waals surface area contributed by atoms with Crippen molar-refractivity contribution in [1.29, 1.82) is 0 Å². The van der Waals surface area contributed by atoms with Gasteiger partial charge in [-0.05, 0) is 48.9 Å². The van der Waals surface area contributed by atoms with Crippen LogP contribution in [0.2, 0.25) is 18.1 Å². The number of methoxy groups -OCH3 is 1. The second-order valence-electron chi connectivity index (χ2n) is 14.0. The largest absolute Gasteiger partial charge is 0.459 e. The number of carbonyl (C=O) groups is 3. The van der Waals surface area contributed by atoms with E-state index in [0.717, 1.165) is 5.57 Å². The van der Waals surface area contributed by atoms with Crippen LogP contribution in [0, 0.1) is 22.7 Å². The van der Waals surface area contributed by atoms with Gasteiger partial charge in [0, 0.05) is 42.8 Å². The topological polar surface area (TPSA) is 97.4 Å². The van der Waals surface area contributed by atoms with Crippen LogP contribution in [0.5, 0.6) is 0 Å². The standard InChI is InChI=1S/C31H48O8Si/c1-11-12-21-26(33)27(34)24-20-13-14-31(36-15-16-37-31)29(20,6)17-22(39-40(9,10)28(3,4)5)25(24)30(21,7)23(18-35-8)38-19(2)32/h11,20-23H,1,12-18H2,2-10H3/t20-,21+,22+,23+,29-,30+/m0/s1. The normalized spacial score (nSPS) is 34.6. The van der Waals surface area contributed by atoms with E-state index < -0.39 is 60.6 Å². The number of carbonyl (C=O) groups excluding carboxylic acids is 3. The third kappa shape index (κ3) is 4.60. The van der Waals surface area contributed by atoms with E-state index in [-0.39, 0.29) is 24.0 Å². The van der Waals surface area contributed by atoms with Gasteiger partial charge in [0.25, 0.3) is 0 Å². The van der Waals surface area contributed by atoms with Crippen molar-refractivity contribution >= 4 is 25.9 Å². The molecule has 0 aromatic heterocycles. The van der Waals surface area contributed by atoms with Crippen LogP contribution in [-0.4, -0.2) is 70.8 Å². The van der Waals surface area contributed by atoms with Gasteiger partial charge in [-0.25, -0.2) is 0 Å². The van der Waals surface area contributed by atoms with Gasteiger partial charge in [0.15, 0.2) is 14.1 Å². The zero-order chi connectivity index (χ0) is 29.9. The van der Waals surface area contributed by atoms with Crippen molar-refractivity contribution in [1.82, 2.24) is 0 Å². The van der Waals surface area contributed by atoms with Crippen molar-refractivity contribution in [3.8, 4) is 0 Å². The first kappa shape index (κ1) is 31.3. The molecule has 0 bridgehead atoms. The lowest BCUT2D eigenvalue weighted by Crippen LogP contribution is -2.62. The monoisotopic (exact) mass is 576 g/mol. The van der Waals surface area contributed by atoms with E-state index in [2.05, 4.69) is 47.4 Å². The van der Waals surface area contributed by atoms with Gasteiger partial charge in [-0.15, -0.1) is 6.58 Å². The average Bonchev–Trinajstić information content (AvgIpc) is 3.44. The highest BCUT2D eigenvalue weighted by molar-refractivity contribution is 6.74. The van der Waals surface area contributed by atoms with Crippen molar-refractivity contribution in [3.05, 3.63) is 23.8 Å². The molecular weight excluding hydrogens is 528 g/mol. The average molecular weight is 577 g/mol. The molecule has 0 amide bonds. The van der Waals surface area contributed by atoms with E-state index in [9.17, 15) is 14.4 Å². The molecule has 224 valence electrons. The molecule has 1 saturated carbocycles. The van der Waals surface area contributed by atoms with Crippen LogP contribution in [0.3, 0.4) is 0 Å². The molecular formula is C31H48O8Si. The Balaban J connectivity index is 2.03. The van der Waals surface area contributed by atoms with Gasteiger partial charge in [-0.3, -0.25) is 14.4 Å². The Labute approximate surface area is 240 Å². The van der Waals surface area contributed by atoms with E-state index in [4.69, 9.17) is 23.4 Å². The van der Waals surface area contributed by atoms with Crippen LogP contribution in [0.1, 0.15) is 67.2 Å². The molecule has 4 aliphatic rings. The Morgan fingerprint density at radius 3 is 2.35 bits per heavy atom. The summed E-state index contributed by atoms with van der Waals surface area (Å²) in [7, 11) is -0.849. The zero-order valence-electron chi connectivity index (χ0n) is 25.8. The van der Waals surface area contributed by atoms with E-state index in [0.29, 0.717) is 38.0 Å². The summed E-state index contributed by atoms with van der Waals surface area (Å²) in [4.78, 5) is 40.7. The molecule has 6 atom stereocenters. The summed E-state index contributed by atoms with van der Waals surface area (Å²) >= 11 is 0. The van der Waals surface area contributed by atoms with E-state index in [1.165, 1.54) is 6.92 Å². The van der Waals surface area contributed by atoms with E-state index in [1.807, 2.05) is 6.92 Å². The molecule has 40 heavy (non-hydrogen) atoms. The molecule has 0 N–H and O–H groups in total. The molecule has 0 radical (unpaired) electrons. The van der Waals surface area contributed by atoms with Crippen LogP contribution in [0.15, 0.2) is 23.8 Å². The van der Waals surface area contributed by atoms with Crippen molar-refractivity contribution in [2.75, 3.05) is 26.9 Å². The van der Waals surface area contributed by atoms with Crippen LogP contribution in [-0.2, 0) is 37.8 Å². The second-order valence-corrected chi connectivity index (χ2v) is 18.7. The van der Waals surface area contributed by atoms with Crippen molar-refractivity contribution in [3.63, 3.8) is 0 Å². The Morgan fingerprint density at radius 2 is 1.82 bits per heavy atom. The smallest absolute Gasteiger partial charge is 0.303 e. The van der Waals surface area contributed by atoms with Crippen LogP contribution < -0.4 is 0 Å². The highest BCUT2D eigenvalue weighted by Gasteiger charge is 2.70. The fraction of sp³-hybridized carbons (Fsp3) is 0.774. The zero-order valence-corrected chi connectivity index (χ0v) is 26.8. The summed E-state index contributed by atoms with van der Waals surface area (Å²) in [6, 6.07) is 0. The number of ketones is 2. The molecule has 1 saturated heterocycles. The Hall–Kier alpha value is -1.65. The summed E-state index contributed by atoms with van der Waals surface area (Å²) in [6.45, 7) is 21.3. The number of fused-ring (bicyclic) bond motifs is 3. The number of hydrogen-bond donors (Lipinski definition) is 0. The maximum atomic E-state index is 14.2. The van der Waals surface area contributed by atoms with Gasteiger partial charge in [-0.2, -0.15) is 0 Å². The number of allylic oxidation sites excluding steroid dienone is 2.